The van der Waals surface area contributed by atoms with Gasteiger partial charge in [0, 0.05) is 32.6 Å². The summed E-state index contributed by atoms with van der Waals surface area (Å²) < 4.78 is 0. The Labute approximate surface area is 116 Å². The molecule has 114 valence electrons. The summed E-state index contributed by atoms with van der Waals surface area (Å²) in [5, 5.41) is 21.4. The van der Waals surface area contributed by atoms with Crippen LogP contribution in [0.5, 0.6) is 0 Å². The molecule has 0 aromatic rings. The minimum absolute atomic E-state index is 0.152. The second-order valence-electron chi connectivity index (χ2n) is 4.70. The number of nitrogens with one attached hydrogen (secondary N) is 2. The van der Waals surface area contributed by atoms with Crippen LogP contribution in [0.15, 0.2) is 0 Å². The summed E-state index contributed by atoms with van der Waals surface area (Å²) in [7, 11) is 1.98. The van der Waals surface area contributed by atoms with Crippen molar-refractivity contribution < 1.29 is 24.6 Å². The van der Waals surface area contributed by atoms with Crippen molar-refractivity contribution in [3.8, 4) is 0 Å². The molecule has 1 saturated heterocycles. The maximum atomic E-state index is 11.7. The van der Waals surface area contributed by atoms with Gasteiger partial charge in [0.25, 0.3) is 0 Å². The van der Waals surface area contributed by atoms with Crippen LogP contribution < -0.4 is 10.7 Å². The number of carbonyl (C=O) groups excluding carboxylic acids is 1. The smallest absolute Gasteiger partial charge is 0.330 e. The number of carboxylic acids is 2. The first-order valence-electron chi connectivity index (χ1n) is 6.33. The number of hydrazine groups is 1. The molecule has 1 atom stereocenters. The predicted molar refractivity (Wildman–Crippen MR) is 69.0 cm³/mol. The van der Waals surface area contributed by atoms with Crippen molar-refractivity contribution in [1.82, 2.24) is 20.7 Å². The van der Waals surface area contributed by atoms with Gasteiger partial charge in [-0.25, -0.2) is 14.6 Å². The molecular weight excluding hydrogens is 268 g/mol. The van der Waals surface area contributed by atoms with Crippen LogP contribution in [0.3, 0.4) is 0 Å². The number of aliphatic carboxylic acids is 2. The molecule has 1 unspecified atom stereocenters. The Morgan fingerprint density at radius 1 is 1.15 bits per heavy atom. The third-order valence-electron chi connectivity index (χ3n) is 3.01. The van der Waals surface area contributed by atoms with E-state index in [4.69, 9.17) is 10.2 Å². The monoisotopic (exact) mass is 288 g/mol. The summed E-state index contributed by atoms with van der Waals surface area (Å²) in [6, 6.07) is -1.84. The van der Waals surface area contributed by atoms with Crippen molar-refractivity contribution in [2.75, 3.05) is 33.2 Å². The number of hydrogen-bond donors (Lipinski definition) is 4. The largest absolute Gasteiger partial charge is 0.481 e. The van der Waals surface area contributed by atoms with Crippen LogP contribution in [0.2, 0.25) is 0 Å². The highest BCUT2D eigenvalue weighted by molar-refractivity contribution is 5.82. The molecule has 20 heavy (non-hydrogen) atoms. The third-order valence-corrected chi connectivity index (χ3v) is 3.01. The summed E-state index contributed by atoms with van der Waals surface area (Å²) in [4.78, 5) is 35.1. The van der Waals surface area contributed by atoms with Gasteiger partial charge in [-0.2, -0.15) is 0 Å². The van der Waals surface area contributed by atoms with Crippen LogP contribution in [0.1, 0.15) is 12.8 Å². The molecule has 2 amide bonds. The predicted octanol–water partition coefficient (Wildman–Crippen LogP) is -1.23. The Balaban J connectivity index is 2.37. The van der Waals surface area contributed by atoms with Crippen LogP contribution in [-0.4, -0.2) is 77.4 Å². The lowest BCUT2D eigenvalue weighted by atomic mass is 10.1. The van der Waals surface area contributed by atoms with Crippen LogP contribution in [0, 0.1) is 0 Å². The Morgan fingerprint density at radius 2 is 1.75 bits per heavy atom. The van der Waals surface area contributed by atoms with E-state index >= 15 is 0 Å². The standard InChI is InChI=1S/C11H20N4O5/c1-14-4-6-15(7-5-14)13-11(20)12-8(10(18)19)2-3-9(16)17/h8H,2-7H2,1H3,(H,16,17)(H,18,19)(H2,12,13,20). The summed E-state index contributed by atoms with van der Waals surface area (Å²) in [5.74, 6) is -2.35. The van der Waals surface area contributed by atoms with Crippen LogP contribution in [0.4, 0.5) is 4.79 Å². The minimum Gasteiger partial charge on any atom is -0.481 e. The van der Waals surface area contributed by atoms with Gasteiger partial charge in [-0.1, -0.05) is 0 Å². The fourth-order valence-corrected chi connectivity index (χ4v) is 1.78. The highest BCUT2D eigenvalue weighted by Crippen LogP contribution is 1.99. The number of likely N-dealkylation sites (N-methyl/N-ethyl adjacent to an activating group) is 1. The second kappa shape index (κ2) is 7.65. The van der Waals surface area contributed by atoms with Crippen molar-refractivity contribution >= 4 is 18.0 Å². The molecule has 0 bridgehead atoms. The van der Waals surface area contributed by atoms with Crippen molar-refractivity contribution in [3.05, 3.63) is 0 Å². The molecule has 0 aromatic heterocycles. The molecular formula is C11H20N4O5. The number of carbonyl (C=O) groups is 3. The summed E-state index contributed by atoms with van der Waals surface area (Å²) in [6.45, 7) is 2.91. The molecule has 1 aliphatic heterocycles. The maximum absolute atomic E-state index is 11.7. The van der Waals surface area contributed by atoms with Gasteiger partial charge in [0.15, 0.2) is 0 Å². The fraction of sp³-hybridized carbons (Fsp3) is 0.727. The van der Waals surface area contributed by atoms with E-state index in [9.17, 15) is 14.4 Å². The quantitative estimate of drug-likeness (QED) is 0.482. The Bertz CT molecular complexity index is 368. The lowest BCUT2D eigenvalue weighted by Crippen LogP contribution is -2.56. The van der Waals surface area contributed by atoms with E-state index in [0.29, 0.717) is 13.1 Å². The topological polar surface area (TPSA) is 122 Å². The first kappa shape index (κ1) is 16.2. The van der Waals surface area contributed by atoms with E-state index in [-0.39, 0.29) is 12.8 Å². The van der Waals surface area contributed by atoms with Gasteiger partial charge in [0.2, 0.25) is 0 Å². The zero-order valence-corrected chi connectivity index (χ0v) is 11.3. The van der Waals surface area contributed by atoms with E-state index in [1.807, 2.05) is 7.05 Å². The molecule has 4 N–H and O–H groups in total. The molecule has 9 heteroatoms. The van der Waals surface area contributed by atoms with Crippen molar-refractivity contribution in [2.45, 2.75) is 18.9 Å². The number of nitrogens with zero attached hydrogens (tertiary/aromatic N) is 2. The highest BCUT2D eigenvalue weighted by Gasteiger charge is 2.22. The Hall–Kier alpha value is -1.87. The van der Waals surface area contributed by atoms with E-state index in [2.05, 4.69) is 15.6 Å². The van der Waals surface area contributed by atoms with Gasteiger partial charge in [-0.05, 0) is 13.5 Å². The number of rotatable bonds is 6. The van der Waals surface area contributed by atoms with E-state index in [0.717, 1.165) is 13.1 Å². The number of carboxylic acid groups (broad SMARTS) is 2. The van der Waals surface area contributed by atoms with Crippen molar-refractivity contribution in [3.63, 3.8) is 0 Å². The van der Waals surface area contributed by atoms with Crippen LogP contribution in [0.25, 0.3) is 0 Å². The Kier molecular flexibility index (Phi) is 6.19. The SMILES string of the molecule is CN1CCN(NC(=O)NC(CCC(=O)O)C(=O)O)CC1. The number of hydrogen-bond acceptors (Lipinski definition) is 5. The first-order chi connectivity index (χ1) is 9.38. The highest BCUT2D eigenvalue weighted by atomic mass is 16.4. The molecule has 1 fully saturated rings. The van der Waals surface area contributed by atoms with Crippen molar-refractivity contribution in [2.24, 2.45) is 0 Å². The summed E-state index contributed by atoms with van der Waals surface area (Å²) >= 11 is 0. The summed E-state index contributed by atoms with van der Waals surface area (Å²) in [5.41, 5.74) is 2.56. The molecule has 1 heterocycles. The molecule has 0 saturated carbocycles. The zero-order chi connectivity index (χ0) is 15.1. The van der Waals surface area contributed by atoms with Gasteiger partial charge in [0.05, 0.1) is 0 Å². The lowest BCUT2D eigenvalue weighted by Gasteiger charge is -2.32. The average Bonchev–Trinajstić information content (AvgIpc) is 2.36. The number of piperazine rings is 1. The fourth-order valence-electron chi connectivity index (χ4n) is 1.78. The number of urea groups is 1. The van der Waals surface area contributed by atoms with Crippen molar-refractivity contribution in [1.29, 1.82) is 0 Å². The van der Waals surface area contributed by atoms with Gasteiger partial charge in [0.1, 0.15) is 6.04 Å². The summed E-state index contributed by atoms with van der Waals surface area (Å²) in [6.07, 6.45) is -0.466. The zero-order valence-electron chi connectivity index (χ0n) is 11.3. The number of amides is 2. The molecule has 0 spiro atoms. The lowest BCUT2D eigenvalue weighted by molar-refractivity contribution is -0.140. The minimum atomic E-state index is -1.25. The van der Waals surface area contributed by atoms with Crippen LogP contribution >= 0.6 is 0 Å². The van der Waals surface area contributed by atoms with Gasteiger partial charge < -0.3 is 20.4 Å². The van der Waals surface area contributed by atoms with Gasteiger partial charge in [-0.3, -0.25) is 10.2 Å². The average molecular weight is 288 g/mol. The van der Waals surface area contributed by atoms with Crippen LogP contribution in [-0.2, 0) is 9.59 Å². The molecule has 0 aromatic carbocycles. The van der Waals surface area contributed by atoms with E-state index in [1.54, 1.807) is 5.01 Å². The third kappa shape index (κ3) is 5.85. The normalized spacial score (nSPS) is 18.2. The molecule has 0 radical (unpaired) electrons. The van der Waals surface area contributed by atoms with E-state index < -0.39 is 24.0 Å². The molecule has 1 aliphatic rings. The van der Waals surface area contributed by atoms with E-state index in [1.165, 1.54) is 0 Å². The first-order valence-corrected chi connectivity index (χ1v) is 6.33. The van der Waals surface area contributed by atoms with Gasteiger partial charge >= 0.3 is 18.0 Å². The molecule has 1 rings (SSSR count). The van der Waals surface area contributed by atoms with Gasteiger partial charge in [-0.15, -0.1) is 0 Å². The molecule has 0 aliphatic carbocycles. The Morgan fingerprint density at radius 3 is 2.25 bits per heavy atom. The molecule has 9 nitrogen and oxygen atoms in total. The second-order valence-corrected chi connectivity index (χ2v) is 4.70. The maximum Gasteiger partial charge on any atom is 0.330 e.